The molecule has 0 nitrogen and oxygen atoms in total. The molecule has 0 radical (unpaired) electrons. The maximum atomic E-state index is 2.63. The van der Waals surface area contributed by atoms with Crippen LogP contribution in [0, 0.1) is 22.7 Å². The number of benzene rings is 1. The zero-order valence-corrected chi connectivity index (χ0v) is 24.5. The van der Waals surface area contributed by atoms with Gasteiger partial charge in [0.1, 0.15) is 0 Å². The first-order valence-corrected chi connectivity index (χ1v) is 13.9. The van der Waals surface area contributed by atoms with E-state index in [0.29, 0.717) is 17.8 Å². The summed E-state index contributed by atoms with van der Waals surface area (Å²) >= 11 is 0. The molecule has 0 aromatic heterocycles. The minimum Gasteiger partial charge on any atom is -0.0801 e. The average molecular weight is 469 g/mol. The van der Waals surface area contributed by atoms with E-state index < -0.39 is 0 Å². The fourth-order valence-electron chi connectivity index (χ4n) is 7.33. The van der Waals surface area contributed by atoms with Crippen molar-refractivity contribution in [2.45, 2.75) is 101 Å². The third-order valence-corrected chi connectivity index (χ3v) is 8.73. The van der Waals surface area contributed by atoms with E-state index >= 15 is 0 Å². The lowest BCUT2D eigenvalue weighted by atomic mass is 9.48. The van der Waals surface area contributed by atoms with Crippen molar-refractivity contribution in [2.75, 3.05) is 0 Å². The van der Waals surface area contributed by atoms with Gasteiger partial charge in [-0.3, -0.25) is 0 Å². The van der Waals surface area contributed by atoms with E-state index in [4.69, 9.17) is 0 Å². The smallest absolute Gasteiger partial charge is 0.0248 e. The van der Waals surface area contributed by atoms with Crippen LogP contribution in [0.2, 0.25) is 0 Å². The van der Waals surface area contributed by atoms with Gasteiger partial charge in [-0.1, -0.05) is 125 Å². The quantitative estimate of drug-likeness (QED) is 0.415. The molecule has 35 heavy (non-hydrogen) atoms. The maximum absolute atomic E-state index is 2.63. The van der Waals surface area contributed by atoms with Gasteiger partial charge in [0, 0.05) is 5.41 Å². The van der Waals surface area contributed by atoms with Crippen molar-refractivity contribution in [2.24, 2.45) is 22.7 Å². The van der Waals surface area contributed by atoms with Gasteiger partial charge >= 0.3 is 0 Å². The van der Waals surface area contributed by atoms with Crippen LogP contribution in [0.25, 0.3) is 11.6 Å². The molecule has 0 aliphatic heterocycles. The lowest BCUT2D eigenvalue weighted by Crippen LogP contribution is -2.47. The van der Waals surface area contributed by atoms with Crippen molar-refractivity contribution in [3.63, 3.8) is 0 Å². The van der Waals surface area contributed by atoms with Gasteiger partial charge in [-0.25, -0.2) is 0 Å². The van der Waals surface area contributed by atoms with Crippen LogP contribution in [0.3, 0.4) is 0 Å². The molecule has 1 atom stereocenters. The summed E-state index contributed by atoms with van der Waals surface area (Å²) in [6, 6.07) is 4.98. The highest BCUT2D eigenvalue weighted by molar-refractivity contribution is 5.93. The minimum atomic E-state index is -0.0127. The molecule has 1 unspecified atom stereocenters. The van der Waals surface area contributed by atoms with Crippen molar-refractivity contribution in [1.29, 1.82) is 0 Å². The van der Waals surface area contributed by atoms with E-state index in [1.807, 2.05) is 0 Å². The molecule has 0 N–H and O–H groups in total. The molecule has 0 bridgehead atoms. The standard InChI is InChI=1S/C35H48/c1-21(2)27-19-26(33(7,8)9)17-25-18-29-28(31(25)27)20-30(22(3)4)35(23(5)6,34(10,11)12)32(29)24-15-13-14-16-24/h13-15,17-23H,16H2,1-12H3. The second-order valence-electron chi connectivity index (χ2n) is 14.1. The number of hydrogen-bond donors (Lipinski definition) is 0. The first kappa shape index (κ1) is 26.0. The van der Waals surface area contributed by atoms with Crippen LogP contribution in [0.4, 0.5) is 0 Å². The maximum Gasteiger partial charge on any atom is 0.0248 e. The predicted molar refractivity (Wildman–Crippen MR) is 155 cm³/mol. The van der Waals surface area contributed by atoms with Crippen LogP contribution in [0.15, 0.2) is 58.7 Å². The second kappa shape index (κ2) is 8.50. The fraction of sp³-hybridized carbons (Fsp3) is 0.543. The Labute approximate surface area is 215 Å². The summed E-state index contributed by atoms with van der Waals surface area (Å²) in [4.78, 5) is 0. The highest BCUT2D eigenvalue weighted by atomic mass is 14.6. The summed E-state index contributed by atoms with van der Waals surface area (Å²) in [5, 5.41) is 2.90. The zero-order valence-electron chi connectivity index (χ0n) is 24.5. The molecule has 0 spiro atoms. The van der Waals surface area contributed by atoms with Crippen molar-refractivity contribution in [3.8, 4) is 0 Å². The molecule has 0 saturated carbocycles. The van der Waals surface area contributed by atoms with Crippen molar-refractivity contribution in [1.82, 2.24) is 0 Å². The Bertz CT molecular complexity index is 1280. The molecule has 3 aliphatic carbocycles. The third kappa shape index (κ3) is 3.87. The Morgan fingerprint density at radius 2 is 1.46 bits per heavy atom. The largest absolute Gasteiger partial charge is 0.0801 e. The molecular formula is C35H48. The Hall–Kier alpha value is -2.08. The third-order valence-electron chi connectivity index (χ3n) is 8.73. The summed E-state index contributed by atoms with van der Waals surface area (Å²) in [6.07, 6.45) is 13.2. The van der Waals surface area contributed by atoms with Gasteiger partial charge in [-0.05, 0) is 84.9 Å². The number of hydrogen-bond acceptors (Lipinski definition) is 0. The Balaban J connectivity index is 2.25. The Morgan fingerprint density at radius 1 is 0.800 bits per heavy atom. The summed E-state index contributed by atoms with van der Waals surface area (Å²) in [5.74, 6) is 1.46. The van der Waals surface area contributed by atoms with Gasteiger partial charge < -0.3 is 0 Å². The minimum absolute atomic E-state index is 0.0127. The molecular weight excluding hydrogens is 420 g/mol. The molecule has 0 heterocycles. The molecule has 3 aliphatic rings. The van der Waals surface area contributed by atoms with Crippen LogP contribution in [0.5, 0.6) is 0 Å². The SMILES string of the molecule is CC(C)C1=CC2=c3c(C(C)C)cc(C(C)(C)C)cc3=CC2=C(C2=CC=CC2)C1(C(C)C)C(C)(C)C. The van der Waals surface area contributed by atoms with E-state index in [1.165, 1.54) is 38.3 Å². The van der Waals surface area contributed by atoms with Gasteiger partial charge in [0.25, 0.3) is 0 Å². The lowest BCUT2D eigenvalue weighted by molar-refractivity contribution is 0.104. The van der Waals surface area contributed by atoms with Crippen LogP contribution in [-0.4, -0.2) is 0 Å². The van der Waals surface area contributed by atoms with Gasteiger partial charge in [0.15, 0.2) is 0 Å². The first-order valence-electron chi connectivity index (χ1n) is 13.9. The Kier molecular flexibility index (Phi) is 6.31. The van der Waals surface area contributed by atoms with E-state index in [-0.39, 0.29) is 16.2 Å². The molecule has 1 aromatic rings. The van der Waals surface area contributed by atoms with Crippen molar-refractivity contribution in [3.05, 3.63) is 80.3 Å². The van der Waals surface area contributed by atoms with E-state index in [1.54, 1.807) is 11.1 Å². The van der Waals surface area contributed by atoms with Gasteiger partial charge in [0.2, 0.25) is 0 Å². The van der Waals surface area contributed by atoms with Gasteiger partial charge in [0.05, 0.1) is 0 Å². The number of allylic oxidation sites excluding steroid dienone is 8. The van der Waals surface area contributed by atoms with E-state index in [2.05, 4.69) is 126 Å². The second-order valence-corrected chi connectivity index (χ2v) is 14.1. The highest BCUT2D eigenvalue weighted by Gasteiger charge is 2.54. The summed E-state index contributed by atoms with van der Waals surface area (Å²) in [6.45, 7) is 28.9. The Morgan fingerprint density at radius 3 is 1.91 bits per heavy atom. The molecule has 0 fully saturated rings. The molecule has 0 amide bonds. The lowest BCUT2D eigenvalue weighted by Gasteiger charge is -2.55. The van der Waals surface area contributed by atoms with Crippen LogP contribution in [0.1, 0.15) is 107 Å². The average Bonchev–Trinajstić information content (AvgIpc) is 3.37. The van der Waals surface area contributed by atoms with Crippen LogP contribution >= 0.6 is 0 Å². The van der Waals surface area contributed by atoms with Crippen molar-refractivity contribution < 1.29 is 0 Å². The van der Waals surface area contributed by atoms with Gasteiger partial charge in [-0.15, -0.1) is 0 Å². The molecule has 0 heteroatoms. The van der Waals surface area contributed by atoms with E-state index in [9.17, 15) is 0 Å². The van der Waals surface area contributed by atoms with Crippen LogP contribution < -0.4 is 10.4 Å². The number of fused-ring (bicyclic) bond motifs is 2. The fourth-order valence-corrected chi connectivity index (χ4v) is 7.33. The first-order chi connectivity index (χ1) is 16.1. The van der Waals surface area contributed by atoms with Crippen LogP contribution in [-0.2, 0) is 5.41 Å². The topological polar surface area (TPSA) is 0 Å². The normalized spacial score (nSPS) is 22.2. The zero-order chi connectivity index (χ0) is 26.1. The van der Waals surface area contributed by atoms with Gasteiger partial charge in [-0.2, -0.15) is 0 Å². The monoisotopic (exact) mass is 468 g/mol. The molecule has 0 saturated heterocycles. The number of rotatable bonds is 4. The molecule has 4 rings (SSSR count). The summed E-state index contributed by atoms with van der Waals surface area (Å²) in [7, 11) is 0. The van der Waals surface area contributed by atoms with E-state index in [0.717, 1.165) is 6.42 Å². The summed E-state index contributed by atoms with van der Waals surface area (Å²) in [5.41, 5.74) is 10.8. The van der Waals surface area contributed by atoms with Crippen molar-refractivity contribution >= 4 is 11.6 Å². The highest BCUT2D eigenvalue weighted by Crippen LogP contribution is 2.63. The molecule has 1 aromatic carbocycles. The summed E-state index contributed by atoms with van der Waals surface area (Å²) < 4.78 is 0. The molecule has 188 valence electrons. The predicted octanol–water partition coefficient (Wildman–Crippen LogP) is 8.52.